The van der Waals surface area contributed by atoms with E-state index in [-0.39, 0.29) is 31.6 Å². The Hall–Kier alpha value is -1.80. The molecule has 24 heavy (non-hydrogen) atoms. The Morgan fingerprint density at radius 2 is 1.92 bits per heavy atom. The quantitative estimate of drug-likeness (QED) is 0.680. The number of sulfonamides is 1. The van der Waals surface area contributed by atoms with Gasteiger partial charge in [0.15, 0.2) is 18.1 Å². The molecule has 1 N–H and O–H groups in total. The summed E-state index contributed by atoms with van der Waals surface area (Å²) in [4.78, 5) is 11.8. The van der Waals surface area contributed by atoms with Gasteiger partial charge in [-0.25, -0.2) is 8.42 Å². The minimum Gasteiger partial charge on any atom is -0.493 e. The number of methoxy groups -OCH3 is 1. The smallest absolute Gasteiger partial charge is 0.257 e. The van der Waals surface area contributed by atoms with Crippen molar-refractivity contribution in [2.24, 2.45) is 0 Å². The Morgan fingerprint density at radius 3 is 2.46 bits per heavy atom. The minimum absolute atomic E-state index is 0.110. The molecule has 0 saturated carbocycles. The lowest BCUT2D eigenvalue weighted by Gasteiger charge is -2.25. The van der Waals surface area contributed by atoms with Gasteiger partial charge < -0.3 is 14.8 Å². The highest BCUT2D eigenvalue weighted by atomic mass is 32.2. The molecule has 1 aromatic rings. The molecule has 7 nitrogen and oxygen atoms in total. The van der Waals surface area contributed by atoms with Crippen molar-refractivity contribution in [2.45, 2.75) is 26.3 Å². The summed E-state index contributed by atoms with van der Waals surface area (Å²) in [5.74, 6) is 0.705. The number of para-hydroxylation sites is 2. The summed E-state index contributed by atoms with van der Waals surface area (Å²) in [6, 6.07) is 6.93. The highest BCUT2D eigenvalue weighted by molar-refractivity contribution is 7.88. The molecule has 0 fully saturated rings. The van der Waals surface area contributed by atoms with Gasteiger partial charge in [-0.2, -0.15) is 4.31 Å². The third kappa shape index (κ3) is 6.37. The lowest BCUT2D eigenvalue weighted by molar-refractivity contribution is -0.123. The van der Waals surface area contributed by atoms with Crippen molar-refractivity contribution in [1.29, 1.82) is 0 Å². The Balaban J connectivity index is 2.46. The first-order valence-corrected chi connectivity index (χ1v) is 9.63. The van der Waals surface area contributed by atoms with Crippen LogP contribution in [0.4, 0.5) is 0 Å². The number of nitrogens with one attached hydrogen (secondary N) is 1. The first-order valence-electron chi connectivity index (χ1n) is 7.79. The van der Waals surface area contributed by atoms with Crippen LogP contribution >= 0.6 is 0 Å². The molecule has 136 valence electrons. The number of benzene rings is 1. The van der Waals surface area contributed by atoms with Crippen molar-refractivity contribution in [3.05, 3.63) is 24.3 Å². The monoisotopic (exact) mass is 358 g/mol. The van der Waals surface area contributed by atoms with Gasteiger partial charge in [-0.15, -0.1) is 0 Å². The summed E-state index contributed by atoms with van der Waals surface area (Å²) >= 11 is 0. The Labute approximate surface area is 144 Å². The van der Waals surface area contributed by atoms with Crippen molar-refractivity contribution < 1.29 is 22.7 Å². The van der Waals surface area contributed by atoms with Crippen molar-refractivity contribution >= 4 is 15.9 Å². The van der Waals surface area contributed by atoms with Crippen LogP contribution in [0.15, 0.2) is 24.3 Å². The SMILES string of the molecule is CCC(C)N(CCNC(=O)COc1ccccc1OC)S(C)(=O)=O. The Kier molecular flexibility index (Phi) is 8.00. The summed E-state index contributed by atoms with van der Waals surface area (Å²) < 4.78 is 35.5. The van der Waals surface area contributed by atoms with Gasteiger partial charge in [-0.05, 0) is 25.5 Å². The van der Waals surface area contributed by atoms with Gasteiger partial charge in [-0.3, -0.25) is 4.79 Å². The number of ether oxygens (including phenoxy) is 2. The zero-order valence-electron chi connectivity index (χ0n) is 14.6. The van der Waals surface area contributed by atoms with Crippen LogP contribution in [0.5, 0.6) is 11.5 Å². The van der Waals surface area contributed by atoms with Gasteiger partial charge in [0, 0.05) is 19.1 Å². The van der Waals surface area contributed by atoms with Gasteiger partial charge in [0.2, 0.25) is 10.0 Å². The van der Waals surface area contributed by atoms with Crippen LogP contribution in [0.3, 0.4) is 0 Å². The van der Waals surface area contributed by atoms with Crippen LogP contribution in [-0.4, -0.2) is 57.7 Å². The minimum atomic E-state index is -3.30. The Bertz CT molecular complexity index is 633. The van der Waals surface area contributed by atoms with Gasteiger partial charge in [0.25, 0.3) is 5.91 Å². The topological polar surface area (TPSA) is 84.9 Å². The fraction of sp³-hybridized carbons (Fsp3) is 0.562. The normalized spacial score (nSPS) is 12.7. The van der Waals surface area contributed by atoms with Crippen LogP contribution in [0.25, 0.3) is 0 Å². The number of carbonyl (C=O) groups is 1. The molecule has 0 radical (unpaired) electrons. The zero-order chi connectivity index (χ0) is 18.2. The predicted molar refractivity (Wildman–Crippen MR) is 92.8 cm³/mol. The Morgan fingerprint density at radius 1 is 1.29 bits per heavy atom. The maximum absolute atomic E-state index is 11.8. The van der Waals surface area contributed by atoms with E-state index in [9.17, 15) is 13.2 Å². The number of amides is 1. The van der Waals surface area contributed by atoms with Crippen molar-refractivity contribution in [2.75, 3.05) is 33.1 Å². The van der Waals surface area contributed by atoms with Crippen LogP contribution < -0.4 is 14.8 Å². The molecule has 0 saturated heterocycles. The van der Waals surface area contributed by atoms with Gasteiger partial charge in [0.05, 0.1) is 13.4 Å². The van der Waals surface area contributed by atoms with Gasteiger partial charge >= 0.3 is 0 Å². The molecule has 0 aliphatic rings. The van der Waals surface area contributed by atoms with Gasteiger partial charge in [-0.1, -0.05) is 19.1 Å². The summed E-state index contributed by atoms with van der Waals surface area (Å²) in [7, 11) is -1.78. The van der Waals surface area contributed by atoms with E-state index < -0.39 is 10.0 Å². The average molecular weight is 358 g/mol. The van der Waals surface area contributed by atoms with Gasteiger partial charge in [0.1, 0.15) is 0 Å². The van der Waals surface area contributed by atoms with Crippen LogP contribution in [0, 0.1) is 0 Å². The largest absolute Gasteiger partial charge is 0.493 e. The zero-order valence-corrected chi connectivity index (χ0v) is 15.4. The average Bonchev–Trinajstić information content (AvgIpc) is 2.55. The number of hydrogen-bond acceptors (Lipinski definition) is 5. The molecular weight excluding hydrogens is 332 g/mol. The fourth-order valence-electron chi connectivity index (χ4n) is 2.15. The highest BCUT2D eigenvalue weighted by Crippen LogP contribution is 2.25. The molecule has 0 aliphatic carbocycles. The van der Waals surface area contributed by atoms with E-state index >= 15 is 0 Å². The molecular formula is C16H26N2O5S. The molecule has 1 unspecified atom stereocenters. The van der Waals surface area contributed by atoms with E-state index in [1.165, 1.54) is 17.7 Å². The molecule has 0 heterocycles. The molecule has 1 amide bonds. The molecule has 1 aromatic carbocycles. The van der Waals surface area contributed by atoms with Crippen LogP contribution in [0.2, 0.25) is 0 Å². The first-order chi connectivity index (χ1) is 11.3. The second-order valence-electron chi connectivity index (χ2n) is 5.42. The molecule has 1 rings (SSSR count). The maximum atomic E-state index is 11.8. The lowest BCUT2D eigenvalue weighted by Crippen LogP contribution is -2.43. The number of carbonyl (C=O) groups excluding carboxylic acids is 1. The first kappa shape index (κ1) is 20.2. The molecule has 0 aliphatic heterocycles. The standard InChI is InChI=1S/C16H26N2O5S/c1-5-13(2)18(24(4,20)21)11-10-17-16(19)12-23-15-9-7-6-8-14(15)22-3/h6-9,13H,5,10-12H2,1-4H3,(H,17,19). The van der Waals surface area contributed by atoms with E-state index in [4.69, 9.17) is 9.47 Å². The molecule has 8 heteroatoms. The van der Waals surface area contributed by atoms with E-state index in [0.29, 0.717) is 17.9 Å². The molecule has 0 spiro atoms. The molecule has 0 aromatic heterocycles. The predicted octanol–water partition coefficient (Wildman–Crippen LogP) is 1.25. The van der Waals surface area contributed by atoms with E-state index in [0.717, 1.165) is 0 Å². The highest BCUT2D eigenvalue weighted by Gasteiger charge is 2.21. The van der Waals surface area contributed by atoms with Crippen LogP contribution in [-0.2, 0) is 14.8 Å². The molecule has 0 bridgehead atoms. The lowest BCUT2D eigenvalue weighted by atomic mass is 10.2. The second-order valence-corrected chi connectivity index (χ2v) is 7.36. The third-order valence-corrected chi connectivity index (χ3v) is 4.99. The maximum Gasteiger partial charge on any atom is 0.257 e. The summed E-state index contributed by atoms with van der Waals surface area (Å²) in [5, 5.41) is 2.66. The van der Waals surface area contributed by atoms with E-state index in [2.05, 4.69) is 5.32 Å². The number of rotatable bonds is 10. The van der Waals surface area contributed by atoms with Crippen molar-refractivity contribution in [1.82, 2.24) is 9.62 Å². The molecule has 1 atom stereocenters. The summed E-state index contributed by atoms with van der Waals surface area (Å²) in [6.07, 6.45) is 1.88. The second kappa shape index (κ2) is 9.48. The van der Waals surface area contributed by atoms with E-state index in [1.807, 2.05) is 13.8 Å². The fourth-order valence-corrected chi connectivity index (χ4v) is 3.38. The van der Waals surface area contributed by atoms with E-state index in [1.54, 1.807) is 24.3 Å². The summed E-state index contributed by atoms with van der Waals surface area (Å²) in [6.45, 7) is 4.05. The third-order valence-electron chi connectivity index (χ3n) is 3.59. The van der Waals surface area contributed by atoms with Crippen LogP contribution in [0.1, 0.15) is 20.3 Å². The number of hydrogen-bond donors (Lipinski definition) is 1. The van der Waals surface area contributed by atoms with Crippen molar-refractivity contribution in [3.63, 3.8) is 0 Å². The summed E-state index contributed by atoms with van der Waals surface area (Å²) in [5.41, 5.74) is 0. The van der Waals surface area contributed by atoms with Crippen molar-refractivity contribution in [3.8, 4) is 11.5 Å². The number of nitrogens with zero attached hydrogens (tertiary/aromatic N) is 1.